The van der Waals surface area contributed by atoms with Crippen LogP contribution in [0.15, 0.2) is 206 Å². The summed E-state index contributed by atoms with van der Waals surface area (Å²) in [7, 11) is 0. The second-order valence-electron chi connectivity index (χ2n) is 15.5. The van der Waals surface area contributed by atoms with Crippen molar-refractivity contribution >= 4 is 71.2 Å². The van der Waals surface area contributed by atoms with Crippen molar-refractivity contribution in [3.8, 4) is 39.7 Å². The summed E-state index contributed by atoms with van der Waals surface area (Å²) in [5.74, 6) is 1.45. The quantitative estimate of drug-likeness (QED) is 0.175. The minimum atomic E-state index is 0.643. The highest BCUT2D eigenvalue weighted by Crippen LogP contribution is 2.40. The summed E-state index contributed by atoms with van der Waals surface area (Å²) in [6.07, 6.45) is 2.12. The third kappa shape index (κ3) is 4.70. The fourth-order valence-electron chi connectivity index (χ4n) is 9.64. The summed E-state index contributed by atoms with van der Waals surface area (Å²) in [6, 6.07) is 71.5. The van der Waals surface area contributed by atoms with Gasteiger partial charge >= 0.3 is 0 Å². The van der Waals surface area contributed by atoms with E-state index in [4.69, 9.17) is 9.97 Å². The molecule has 0 spiro atoms. The number of para-hydroxylation sites is 4. The lowest BCUT2D eigenvalue weighted by Crippen LogP contribution is -2.01. The fraction of sp³-hybridized carbons (Fsp3) is 0. The Morgan fingerprint density at radius 2 is 0.733 bits per heavy atom. The highest BCUT2D eigenvalue weighted by atomic mass is 15.2. The Morgan fingerprint density at radius 3 is 1.22 bits per heavy atom. The Labute approximate surface area is 344 Å². The predicted molar refractivity (Wildman–Crippen MR) is 247 cm³/mol. The number of hydrogen-bond acceptors (Lipinski definition) is 2. The van der Waals surface area contributed by atoms with Gasteiger partial charge in [-0.2, -0.15) is 4.98 Å². The summed E-state index contributed by atoms with van der Waals surface area (Å²) in [5.41, 5.74) is 13.2. The third-order valence-corrected chi connectivity index (χ3v) is 12.2. The third-order valence-electron chi connectivity index (χ3n) is 12.2. The molecule has 280 valence electrons. The molecule has 6 nitrogen and oxygen atoms in total. The molecule has 0 radical (unpaired) electrons. The van der Waals surface area contributed by atoms with Gasteiger partial charge in [0.05, 0.1) is 44.5 Å². The molecule has 13 aromatic rings. The molecule has 0 fully saturated rings. The first kappa shape index (κ1) is 32.8. The van der Waals surface area contributed by atoms with Crippen LogP contribution in [0.1, 0.15) is 0 Å². The zero-order valence-corrected chi connectivity index (χ0v) is 32.3. The van der Waals surface area contributed by atoms with Crippen molar-refractivity contribution in [1.82, 2.24) is 28.1 Å². The van der Waals surface area contributed by atoms with Crippen molar-refractivity contribution in [3.63, 3.8) is 0 Å². The van der Waals surface area contributed by atoms with Gasteiger partial charge in [-0.25, -0.2) is 4.98 Å². The second-order valence-corrected chi connectivity index (χ2v) is 15.5. The van der Waals surface area contributed by atoms with E-state index in [9.17, 15) is 0 Å². The van der Waals surface area contributed by atoms with Crippen molar-refractivity contribution in [2.24, 2.45) is 0 Å². The van der Waals surface area contributed by atoms with Crippen molar-refractivity contribution in [3.05, 3.63) is 206 Å². The van der Waals surface area contributed by atoms with E-state index >= 15 is 0 Å². The molecule has 0 aliphatic rings. The van der Waals surface area contributed by atoms with Gasteiger partial charge in [-0.3, -0.25) is 8.97 Å². The summed E-state index contributed by atoms with van der Waals surface area (Å²) in [6.45, 7) is 0. The molecule has 0 saturated carbocycles. The number of rotatable bonds is 5. The largest absolute Gasteiger partial charge is 0.309 e. The first-order chi connectivity index (χ1) is 29.8. The standard InChI is InChI=1S/C54H34N6/c1-3-15-35(16-4-1)52-53(36-17-5-2-6-18-36)57-32-31-51(55-54(57)56-52)60-49-29-27-37(58-45-23-11-7-19-39(45)40-20-8-12-24-46(40)58)33-43(49)44-34-38(28-30-50(44)60)59-47-25-13-9-21-41(47)42-22-10-14-26-48(42)59/h1-34H. The molecule has 60 heavy (non-hydrogen) atoms. The second kappa shape index (κ2) is 12.6. The maximum absolute atomic E-state index is 5.36. The van der Waals surface area contributed by atoms with E-state index < -0.39 is 0 Å². The summed E-state index contributed by atoms with van der Waals surface area (Å²) in [4.78, 5) is 10.6. The molecule has 0 N–H and O–H groups in total. The Balaban J connectivity index is 1.09. The average molecular weight is 767 g/mol. The van der Waals surface area contributed by atoms with Crippen LogP contribution in [-0.2, 0) is 0 Å². The minimum absolute atomic E-state index is 0.643. The van der Waals surface area contributed by atoms with Gasteiger partial charge in [0.15, 0.2) is 0 Å². The smallest absolute Gasteiger partial charge is 0.236 e. The lowest BCUT2D eigenvalue weighted by Gasteiger charge is -2.11. The number of imidazole rings is 1. The van der Waals surface area contributed by atoms with Gasteiger partial charge in [0.2, 0.25) is 5.78 Å². The fourth-order valence-corrected chi connectivity index (χ4v) is 9.64. The number of benzene rings is 8. The molecule has 13 rings (SSSR count). The van der Waals surface area contributed by atoms with Crippen molar-refractivity contribution < 1.29 is 0 Å². The maximum atomic E-state index is 5.36. The van der Waals surface area contributed by atoms with Gasteiger partial charge < -0.3 is 9.13 Å². The minimum Gasteiger partial charge on any atom is -0.309 e. The van der Waals surface area contributed by atoms with Crippen LogP contribution < -0.4 is 0 Å². The zero-order valence-electron chi connectivity index (χ0n) is 32.3. The van der Waals surface area contributed by atoms with Crippen LogP contribution in [0.5, 0.6) is 0 Å². The monoisotopic (exact) mass is 766 g/mol. The van der Waals surface area contributed by atoms with Crippen LogP contribution in [0.25, 0.3) is 111 Å². The highest BCUT2D eigenvalue weighted by Gasteiger charge is 2.22. The van der Waals surface area contributed by atoms with Crippen LogP contribution in [0.2, 0.25) is 0 Å². The van der Waals surface area contributed by atoms with Gasteiger partial charge in [-0.1, -0.05) is 133 Å². The molecule has 0 saturated heterocycles. The van der Waals surface area contributed by atoms with E-state index in [0.29, 0.717) is 5.78 Å². The van der Waals surface area contributed by atoms with Crippen LogP contribution in [-0.4, -0.2) is 28.1 Å². The molecule has 5 aromatic heterocycles. The summed E-state index contributed by atoms with van der Waals surface area (Å²) in [5, 5.41) is 7.26. The van der Waals surface area contributed by atoms with Gasteiger partial charge in [0.1, 0.15) is 5.82 Å². The Bertz CT molecular complexity index is 3550. The summed E-state index contributed by atoms with van der Waals surface area (Å²) < 4.78 is 9.22. The summed E-state index contributed by atoms with van der Waals surface area (Å²) >= 11 is 0. The van der Waals surface area contributed by atoms with Gasteiger partial charge in [-0.05, 0) is 66.7 Å². The van der Waals surface area contributed by atoms with Crippen molar-refractivity contribution in [1.29, 1.82) is 0 Å². The molecule has 8 aromatic carbocycles. The van der Waals surface area contributed by atoms with E-state index in [1.54, 1.807) is 0 Å². The molecule has 0 aliphatic heterocycles. The average Bonchev–Trinajstić information content (AvgIpc) is 4.05. The van der Waals surface area contributed by atoms with E-state index in [1.807, 2.05) is 12.1 Å². The van der Waals surface area contributed by atoms with Gasteiger partial charge in [0, 0.05) is 61.0 Å². The van der Waals surface area contributed by atoms with Crippen LogP contribution in [0.4, 0.5) is 0 Å². The lowest BCUT2D eigenvalue weighted by atomic mass is 10.1. The molecular formula is C54H34N6. The van der Waals surface area contributed by atoms with Crippen molar-refractivity contribution in [2.75, 3.05) is 0 Å². The molecule has 0 bridgehead atoms. The first-order valence-corrected chi connectivity index (χ1v) is 20.3. The van der Waals surface area contributed by atoms with E-state index in [2.05, 4.69) is 212 Å². The molecule has 0 amide bonds. The Kier molecular flexibility index (Phi) is 6.91. The Hall–Kier alpha value is -8.22. The van der Waals surface area contributed by atoms with Crippen LogP contribution in [0.3, 0.4) is 0 Å². The number of aromatic nitrogens is 6. The zero-order chi connectivity index (χ0) is 39.3. The maximum Gasteiger partial charge on any atom is 0.236 e. The molecule has 0 atom stereocenters. The number of nitrogens with zero attached hydrogens (tertiary/aromatic N) is 6. The van der Waals surface area contributed by atoms with Crippen LogP contribution >= 0.6 is 0 Å². The van der Waals surface area contributed by atoms with Crippen molar-refractivity contribution in [2.45, 2.75) is 0 Å². The molecule has 0 unspecified atom stereocenters. The molecule has 6 heteroatoms. The first-order valence-electron chi connectivity index (χ1n) is 20.3. The predicted octanol–water partition coefficient (Wildman–Crippen LogP) is 13.4. The highest BCUT2D eigenvalue weighted by molar-refractivity contribution is 6.14. The SMILES string of the molecule is c1ccc(-c2nc3nc(-n4c5ccc(-n6c7ccccc7c7ccccc76)cc5c5cc(-n6c7ccccc7c7ccccc76)ccc54)ccn3c2-c2ccccc2)cc1. The number of fused-ring (bicyclic) bond motifs is 10. The molecule has 0 aliphatic carbocycles. The van der Waals surface area contributed by atoms with Gasteiger partial charge in [-0.15, -0.1) is 0 Å². The molecule has 5 heterocycles. The van der Waals surface area contributed by atoms with Crippen LogP contribution in [0, 0.1) is 0 Å². The van der Waals surface area contributed by atoms with E-state index in [-0.39, 0.29) is 0 Å². The topological polar surface area (TPSA) is 45.0 Å². The van der Waals surface area contributed by atoms with E-state index in [1.165, 1.54) is 43.6 Å². The molecular weight excluding hydrogens is 733 g/mol. The van der Waals surface area contributed by atoms with E-state index in [0.717, 1.165) is 61.5 Å². The van der Waals surface area contributed by atoms with Gasteiger partial charge in [0.25, 0.3) is 0 Å². The Morgan fingerprint density at radius 1 is 0.317 bits per heavy atom. The number of hydrogen-bond donors (Lipinski definition) is 0. The normalized spacial score (nSPS) is 12.0. The lowest BCUT2D eigenvalue weighted by molar-refractivity contribution is 1.03.